The Labute approximate surface area is 92.7 Å². The van der Waals surface area contributed by atoms with Crippen molar-refractivity contribution in [3.8, 4) is 0 Å². The molecule has 5 nitrogen and oxygen atoms in total. The quantitative estimate of drug-likeness (QED) is 0.666. The van der Waals surface area contributed by atoms with Gasteiger partial charge in [0, 0.05) is 31.5 Å². The highest BCUT2D eigenvalue weighted by atomic mass is 35.5. The maximum absolute atomic E-state index is 11.4. The minimum Gasteiger partial charge on any atom is -0.366 e. The van der Waals surface area contributed by atoms with E-state index in [4.69, 9.17) is 0 Å². The van der Waals surface area contributed by atoms with Gasteiger partial charge in [-0.2, -0.15) is 0 Å². The van der Waals surface area contributed by atoms with Crippen LogP contribution in [0.3, 0.4) is 0 Å². The fourth-order valence-electron chi connectivity index (χ4n) is 1.22. The molecule has 1 aromatic heterocycles. The second-order valence-electron chi connectivity index (χ2n) is 3.27. The summed E-state index contributed by atoms with van der Waals surface area (Å²) in [7, 11) is 0. The molecule has 0 aliphatic carbocycles. The minimum absolute atomic E-state index is 0. The van der Waals surface area contributed by atoms with Crippen LogP contribution in [0.5, 0.6) is 0 Å². The van der Waals surface area contributed by atoms with Crippen LogP contribution in [0, 0.1) is 5.92 Å². The highest BCUT2D eigenvalue weighted by Gasteiger charge is 2.25. The van der Waals surface area contributed by atoms with Gasteiger partial charge in [0.1, 0.15) is 5.69 Å². The molecule has 0 unspecified atom stereocenters. The highest BCUT2D eigenvalue weighted by molar-refractivity contribution is 5.93. The van der Waals surface area contributed by atoms with Gasteiger partial charge in [-0.1, -0.05) is 0 Å². The number of carbonyl (C=O) groups is 1. The van der Waals surface area contributed by atoms with E-state index in [9.17, 15) is 9.59 Å². The molecule has 82 valence electrons. The summed E-state index contributed by atoms with van der Waals surface area (Å²) in [6.45, 7) is 1.38. The molecular formula is C9H12ClN3O2. The van der Waals surface area contributed by atoms with E-state index in [1.165, 1.54) is 18.5 Å². The number of anilines is 1. The number of halogens is 1. The van der Waals surface area contributed by atoms with E-state index in [2.05, 4.69) is 15.6 Å². The summed E-state index contributed by atoms with van der Waals surface area (Å²) in [5.41, 5.74) is 0.133. The number of hydrogen-bond acceptors (Lipinski definition) is 3. The van der Waals surface area contributed by atoms with Crippen LogP contribution < -0.4 is 16.1 Å². The van der Waals surface area contributed by atoms with Crippen LogP contribution in [0.1, 0.15) is 0 Å². The molecule has 1 amide bonds. The highest BCUT2D eigenvalue weighted by Crippen LogP contribution is 2.06. The number of amides is 1. The van der Waals surface area contributed by atoms with Gasteiger partial charge >= 0.3 is 0 Å². The third-order valence-corrected chi connectivity index (χ3v) is 2.23. The Morgan fingerprint density at radius 3 is 2.73 bits per heavy atom. The molecule has 6 heteroatoms. The zero-order chi connectivity index (χ0) is 9.97. The fourth-order valence-corrected chi connectivity index (χ4v) is 1.22. The van der Waals surface area contributed by atoms with Gasteiger partial charge in [-0.05, 0) is 0 Å². The summed E-state index contributed by atoms with van der Waals surface area (Å²) in [4.78, 5) is 25.4. The molecule has 1 aromatic rings. The lowest BCUT2D eigenvalue weighted by Crippen LogP contribution is -2.48. The summed E-state index contributed by atoms with van der Waals surface area (Å²) in [6.07, 6.45) is 3.02. The number of aromatic amines is 1. The Balaban J connectivity index is 0.00000112. The van der Waals surface area contributed by atoms with E-state index in [0.29, 0.717) is 18.8 Å². The van der Waals surface area contributed by atoms with Crippen molar-refractivity contribution in [1.82, 2.24) is 10.3 Å². The Morgan fingerprint density at radius 2 is 2.20 bits per heavy atom. The predicted octanol–water partition coefficient (Wildman–Crippen LogP) is -0.0454. The van der Waals surface area contributed by atoms with Gasteiger partial charge in [0.2, 0.25) is 11.3 Å². The molecule has 1 aliphatic rings. The second-order valence-corrected chi connectivity index (χ2v) is 3.27. The van der Waals surface area contributed by atoms with Crippen molar-refractivity contribution in [2.24, 2.45) is 5.92 Å². The Hall–Kier alpha value is -1.33. The van der Waals surface area contributed by atoms with Crippen LogP contribution in [-0.2, 0) is 4.79 Å². The number of rotatable bonds is 2. The topological polar surface area (TPSA) is 74.0 Å². The van der Waals surface area contributed by atoms with Crippen molar-refractivity contribution in [1.29, 1.82) is 0 Å². The molecule has 2 heterocycles. The van der Waals surface area contributed by atoms with E-state index in [1.807, 2.05) is 0 Å². The number of carbonyl (C=O) groups excluding carboxylic acids is 1. The van der Waals surface area contributed by atoms with Crippen LogP contribution >= 0.6 is 12.4 Å². The smallest absolute Gasteiger partial charge is 0.230 e. The summed E-state index contributed by atoms with van der Waals surface area (Å²) in [6, 6.07) is 1.38. The lowest BCUT2D eigenvalue weighted by molar-refractivity contribution is -0.121. The molecule has 0 saturated carbocycles. The Bertz CT molecular complexity index is 400. The van der Waals surface area contributed by atoms with Gasteiger partial charge in [-0.15, -0.1) is 12.4 Å². The maximum atomic E-state index is 11.4. The van der Waals surface area contributed by atoms with Crippen molar-refractivity contribution < 1.29 is 4.79 Å². The van der Waals surface area contributed by atoms with Crippen LogP contribution in [0.2, 0.25) is 0 Å². The SMILES string of the molecule is Cl.O=C(Nc1c[nH]ccc1=O)C1CNC1. The number of pyridine rings is 1. The number of hydrogen-bond donors (Lipinski definition) is 3. The summed E-state index contributed by atoms with van der Waals surface area (Å²) >= 11 is 0. The van der Waals surface area contributed by atoms with E-state index < -0.39 is 0 Å². The largest absolute Gasteiger partial charge is 0.366 e. The molecule has 1 aliphatic heterocycles. The third-order valence-electron chi connectivity index (χ3n) is 2.23. The van der Waals surface area contributed by atoms with E-state index in [-0.39, 0.29) is 29.7 Å². The molecule has 0 bridgehead atoms. The van der Waals surface area contributed by atoms with Crippen LogP contribution in [0.15, 0.2) is 23.3 Å². The van der Waals surface area contributed by atoms with Gasteiger partial charge in [0.05, 0.1) is 5.92 Å². The van der Waals surface area contributed by atoms with Gasteiger partial charge in [0.25, 0.3) is 0 Å². The molecule has 0 spiro atoms. The maximum Gasteiger partial charge on any atom is 0.230 e. The molecule has 1 saturated heterocycles. The summed E-state index contributed by atoms with van der Waals surface area (Å²) < 4.78 is 0. The Morgan fingerprint density at radius 1 is 1.47 bits per heavy atom. The molecule has 2 rings (SSSR count). The van der Waals surface area contributed by atoms with Crippen molar-refractivity contribution in [3.63, 3.8) is 0 Å². The van der Waals surface area contributed by atoms with Crippen molar-refractivity contribution in [2.45, 2.75) is 0 Å². The van der Waals surface area contributed by atoms with Crippen molar-refractivity contribution >= 4 is 24.0 Å². The average molecular weight is 230 g/mol. The first-order valence-corrected chi connectivity index (χ1v) is 4.46. The van der Waals surface area contributed by atoms with E-state index in [1.54, 1.807) is 0 Å². The molecule has 0 aromatic carbocycles. The van der Waals surface area contributed by atoms with Gasteiger partial charge in [-0.25, -0.2) is 0 Å². The molecular weight excluding hydrogens is 218 g/mol. The molecule has 0 atom stereocenters. The second kappa shape index (κ2) is 4.95. The Kier molecular flexibility index (Phi) is 3.88. The predicted molar refractivity (Wildman–Crippen MR) is 59.3 cm³/mol. The van der Waals surface area contributed by atoms with Crippen LogP contribution in [0.4, 0.5) is 5.69 Å². The first-order chi connectivity index (χ1) is 6.77. The van der Waals surface area contributed by atoms with E-state index in [0.717, 1.165) is 0 Å². The lowest BCUT2D eigenvalue weighted by Gasteiger charge is -2.25. The fraction of sp³-hybridized carbons (Fsp3) is 0.333. The molecule has 3 N–H and O–H groups in total. The van der Waals surface area contributed by atoms with Crippen LogP contribution in [0.25, 0.3) is 0 Å². The number of nitrogens with one attached hydrogen (secondary N) is 3. The first kappa shape index (κ1) is 11.7. The first-order valence-electron chi connectivity index (χ1n) is 4.46. The van der Waals surface area contributed by atoms with Gasteiger partial charge < -0.3 is 15.6 Å². The summed E-state index contributed by atoms with van der Waals surface area (Å²) in [5.74, 6) is -0.102. The zero-order valence-corrected chi connectivity index (χ0v) is 8.76. The molecule has 15 heavy (non-hydrogen) atoms. The zero-order valence-electron chi connectivity index (χ0n) is 7.95. The number of aromatic nitrogens is 1. The van der Waals surface area contributed by atoms with Gasteiger partial charge in [0.15, 0.2) is 0 Å². The van der Waals surface area contributed by atoms with E-state index >= 15 is 0 Å². The molecule has 1 fully saturated rings. The average Bonchev–Trinajstić information content (AvgIpc) is 2.05. The lowest BCUT2D eigenvalue weighted by atomic mass is 10.0. The van der Waals surface area contributed by atoms with Crippen molar-refractivity contribution in [3.05, 3.63) is 28.7 Å². The van der Waals surface area contributed by atoms with Gasteiger partial charge in [-0.3, -0.25) is 9.59 Å². The normalized spacial score (nSPS) is 14.9. The molecule has 0 radical (unpaired) electrons. The number of H-pyrrole nitrogens is 1. The minimum atomic E-state index is -0.176. The third kappa shape index (κ3) is 2.57. The van der Waals surface area contributed by atoms with Crippen molar-refractivity contribution in [2.75, 3.05) is 18.4 Å². The van der Waals surface area contributed by atoms with Crippen LogP contribution in [-0.4, -0.2) is 24.0 Å². The standard InChI is InChI=1S/C9H11N3O2.ClH/c13-8-1-2-10-5-7(8)12-9(14)6-3-11-4-6;/h1-2,5-6,11H,3-4H2,(H,10,13)(H,12,14);1H. The summed E-state index contributed by atoms with van der Waals surface area (Å²) in [5, 5.41) is 5.59. The monoisotopic (exact) mass is 229 g/mol.